The lowest BCUT2D eigenvalue weighted by atomic mass is 9.77. The van der Waals surface area contributed by atoms with Gasteiger partial charge in [-0.15, -0.1) is 0 Å². The van der Waals surface area contributed by atoms with Gasteiger partial charge in [0.05, 0.1) is 5.56 Å². The molecule has 228 valence electrons. The van der Waals surface area contributed by atoms with Crippen LogP contribution in [0, 0.1) is 19.8 Å². The minimum absolute atomic E-state index is 0.314. The van der Waals surface area contributed by atoms with Crippen LogP contribution in [0.2, 0.25) is 0 Å². The molecule has 2 heterocycles. The number of benzene rings is 4. The zero-order valence-corrected chi connectivity index (χ0v) is 26.7. The first-order valence-electron chi connectivity index (χ1n) is 16.2. The Hall–Kier alpha value is -4.25. The molecule has 1 unspecified atom stereocenters. The Kier molecular flexibility index (Phi) is 8.40. The summed E-state index contributed by atoms with van der Waals surface area (Å²) in [6, 6.07) is 26.7. The Morgan fingerprint density at radius 2 is 1.61 bits per heavy atom. The zero-order valence-electron chi connectivity index (χ0n) is 26.7. The van der Waals surface area contributed by atoms with E-state index >= 15 is 0 Å². The van der Waals surface area contributed by atoms with Gasteiger partial charge < -0.3 is 19.7 Å². The molecule has 0 amide bonds. The van der Waals surface area contributed by atoms with Gasteiger partial charge in [0.15, 0.2) is 5.60 Å². The third kappa shape index (κ3) is 5.56. The molecule has 0 saturated carbocycles. The summed E-state index contributed by atoms with van der Waals surface area (Å²) >= 11 is 0. The normalized spacial score (nSPS) is 16.3. The van der Waals surface area contributed by atoms with Gasteiger partial charge in [-0.05, 0) is 79.8 Å². The van der Waals surface area contributed by atoms with E-state index in [0.29, 0.717) is 17.2 Å². The summed E-state index contributed by atoms with van der Waals surface area (Å²) in [6.45, 7) is 12.9. The number of rotatable bonds is 11. The molecule has 0 fully saturated rings. The summed E-state index contributed by atoms with van der Waals surface area (Å²) in [4.78, 5) is 15.9. The highest BCUT2D eigenvalue weighted by Gasteiger charge is 2.53. The highest BCUT2D eigenvalue weighted by Crippen LogP contribution is 2.57. The Labute approximate surface area is 262 Å². The van der Waals surface area contributed by atoms with E-state index in [1.807, 2.05) is 30.3 Å². The quantitative estimate of drug-likeness (QED) is 0.140. The fraction of sp³-hybridized carbons (Fsp3) is 0.359. The molecule has 0 radical (unpaired) electrons. The van der Waals surface area contributed by atoms with Crippen LogP contribution in [-0.4, -0.2) is 19.1 Å². The first-order valence-corrected chi connectivity index (χ1v) is 16.2. The number of carbonyl (C=O) groups is 1. The monoisotopic (exact) mass is 588 g/mol. The van der Waals surface area contributed by atoms with Crippen molar-refractivity contribution in [2.24, 2.45) is 5.92 Å². The molecule has 4 aromatic carbocycles. The Bertz CT molecular complexity index is 1680. The number of nitrogens with zero attached hydrogens (tertiary/aromatic N) is 1. The van der Waals surface area contributed by atoms with E-state index in [-0.39, 0.29) is 5.97 Å². The van der Waals surface area contributed by atoms with Crippen LogP contribution < -0.4 is 15.0 Å². The van der Waals surface area contributed by atoms with E-state index in [0.717, 1.165) is 58.2 Å². The van der Waals surface area contributed by atoms with Crippen molar-refractivity contribution in [1.29, 1.82) is 0 Å². The van der Waals surface area contributed by atoms with Gasteiger partial charge in [-0.25, -0.2) is 4.79 Å². The Morgan fingerprint density at radius 3 is 2.41 bits per heavy atom. The standard InChI is InChI=1S/C39H44N2O3/c1-6-7-8-9-12-20-41(25-26(2)3)30-18-19-33-37(23-30)43-36-22-28(5)35(40-29-15-13-14-27(4)21-29)24-34(36)39(33)32-17-11-10-16-31(32)38(42)44-39/h10-11,13-19,21-24,26,40H,6-9,12,20,25H2,1-5H3. The number of carbonyl (C=O) groups excluding carboxylic acids is 1. The van der Waals surface area contributed by atoms with E-state index in [4.69, 9.17) is 9.47 Å². The van der Waals surface area contributed by atoms with E-state index in [2.05, 4.69) is 93.4 Å². The molecule has 1 N–H and O–H groups in total. The fourth-order valence-corrected chi connectivity index (χ4v) is 6.69. The Morgan fingerprint density at radius 1 is 0.818 bits per heavy atom. The smallest absolute Gasteiger partial charge is 0.340 e. The van der Waals surface area contributed by atoms with Gasteiger partial charge in [-0.2, -0.15) is 0 Å². The maximum Gasteiger partial charge on any atom is 0.340 e. The maximum atomic E-state index is 13.4. The van der Waals surface area contributed by atoms with Gasteiger partial charge in [0.1, 0.15) is 11.5 Å². The van der Waals surface area contributed by atoms with Crippen LogP contribution in [-0.2, 0) is 10.3 Å². The van der Waals surface area contributed by atoms with Crippen molar-refractivity contribution in [3.63, 3.8) is 0 Å². The average Bonchev–Trinajstić information content (AvgIpc) is 3.29. The molecule has 2 aliphatic heterocycles. The number of aryl methyl sites for hydroxylation is 2. The molecule has 0 aromatic heterocycles. The number of anilines is 3. The van der Waals surface area contributed by atoms with Gasteiger partial charge in [0.2, 0.25) is 0 Å². The summed E-state index contributed by atoms with van der Waals surface area (Å²) < 4.78 is 13.2. The van der Waals surface area contributed by atoms with E-state index in [1.54, 1.807) is 0 Å². The largest absolute Gasteiger partial charge is 0.456 e. The Balaban J connectivity index is 1.44. The van der Waals surface area contributed by atoms with Gasteiger partial charge in [0, 0.05) is 52.9 Å². The highest BCUT2D eigenvalue weighted by molar-refractivity contribution is 5.97. The molecule has 1 spiro atoms. The predicted molar refractivity (Wildman–Crippen MR) is 180 cm³/mol. The maximum absolute atomic E-state index is 13.4. The van der Waals surface area contributed by atoms with Gasteiger partial charge >= 0.3 is 5.97 Å². The lowest BCUT2D eigenvalue weighted by Gasteiger charge is -2.38. The van der Waals surface area contributed by atoms with Crippen molar-refractivity contribution in [2.75, 3.05) is 23.3 Å². The first kappa shape index (κ1) is 29.8. The van der Waals surface area contributed by atoms with Crippen molar-refractivity contribution >= 4 is 23.0 Å². The number of hydrogen-bond acceptors (Lipinski definition) is 5. The van der Waals surface area contributed by atoms with Crippen molar-refractivity contribution in [3.8, 4) is 11.5 Å². The fourth-order valence-electron chi connectivity index (χ4n) is 6.69. The van der Waals surface area contributed by atoms with Crippen LogP contribution in [0.4, 0.5) is 17.1 Å². The predicted octanol–water partition coefficient (Wildman–Crippen LogP) is 10.0. The highest BCUT2D eigenvalue weighted by atomic mass is 16.6. The summed E-state index contributed by atoms with van der Waals surface area (Å²) in [7, 11) is 0. The number of fused-ring (bicyclic) bond motifs is 6. The van der Waals surface area contributed by atoms with Crippen LogP contribution in [0.15, 0.2) is 78.9 Å². The minimum atomic E-state index is -1.10. The van der Waals surface area contributed by atoms with Crippen LogP contribution >= 0.6 is 0 Å². The number of nitrogens with one attached hydrogen (secondary N) is 1. The van der Waals surface area contributed by atoms with Crippen LogP contribution in [0.3, 0.4) is 0 Å². The topological polar surface area (TPSA) is 50.8 Å². The van der Waals surface area contributed by atoms with Gasteiger partial charge in [-0.3, -0.25) is 0 Å². The third-order valence-electron chi connectivity index (χ3n) is 8.82. The second-order valence-corrected chi connectivity index (χ2v) is 12.8. The van der Waals surface area contributed by atoms with Crippen LogP contribution in [0.1, 0.15) is 91.1 Å². The zero-order chi connectivity index (χ0) is 30.8. The molecular weight excluding hydrogens is 544 g/mol. The second kappa shape index (κ2) is 12.4. The third-order valence-corrected chi connectivity index (χ3v) is 8.82. The first-order chi connectivity index (χ1) is 21.3. The molecule has 5 nitrogen and oxygen atoms in total. The average molecular weight is 589 g/mol. The molecule has 2 aliphatic rings. The van der Waals surface area contributed by atoms with E-state index in [1.165, 1.54) is 37.7 Å². The summed E-state index contributed by atoms with van der Waals surface area (Å²) in [5, 5.41) is 3.60. The molecule has 1 atom stereocenters. The van der Waals surface area contributed by atoms with Crippen molar-refractivity contribution in [3.05, 3.63) is 112 Å². The number of unbranched alkanes of at least 4 members (excludes halogenated alkanes) is 4. The lowest BCUT2D eigenvalue weighted by molar-refractivity contribution is 0.0224. The molecule has 44 heavy (non-hydrogen) atoms. The van der Waals surface area contributed by atoms with Crippen LogP contribution in [0.5, 0.6) is 11.5 Å². The van der Waals surface area contributed by atoms with Crippen LogP contribution in [0.25, 0.3) is 0 Å². The van der Waals surface area contributed by atoms with E-state index < -0.39 is 5.60 Å². The summed E-state index contributed by atoms with van der Waals surface area (Å²) in [5.74, 6) is 1.66. The van der Waals surface area contributed by atoms with Gasteiger partial charge in [0.25, 0.3) is 0 Å². The van der Waals surface area contributed by atoms with Crippen molar-refractivity contribution < 1.29 is 14.3 Å². The molecule has 0 bridgehead atoms. The molecule has 0 aliphatic carbocycles. The van der Waals surface area contributed by atoms with Crippen molar-refractivity contribution in [1.82, 2.24) is 0 Å². The number of hydrogen-bond donors (Lipinski definition) is 1. The molecule has 5 heteroatoms. The number of esters is 1. The number of ether oxygens (including phenoxy) is 2. The summed E-state index contributed by atoms with van der Waals surface area (Å²) in [5.41, 5.74) is 7.34. The van der Waals surface area contributed by atoms with Crippen molar-refractivity contribution in [2.45, 2.75) is 72.3 Å². The van der Waals surface area contributed by atoms with E-state index in [9.17, 15) is 4.79 Å². The molecule has 4 aromatic rings. The molecule has 6 rings (SSSR count). The SMILES string of the molecule is CCCCCCCN(CC(C)C)c1ccc2c(c1)Oc1cc(C)c(Nc3cccc(C)c3)cc1C21OC(=O)c2ccccc21. The minimum Gasteiger partial charge on any atom is -0.456 e. The molecule has 0 saturated heterocycles. The summed E-state index contributed by atoms with van der Waals surface area (Å²) in [6.07, 6.45) is 6.23. The molecular formula is C39H44N2O3. The lowest BCUT2D eigenvalue weighted by Crippen LogP contribution is -2.34. The second-order valence-electron chi connectivity index (χ2n) is 12.8. The van der Waals surface area contributed by atoms with Gasteiger partial charge in [-0.1, -0.05) is 76.8 Å².